The van der Waals surface area contributed by atoms with Gasteiger partial charge in [0.15, 0.2) is 0 Å². The molecule has 1 atom stereocenters. The number of hydrogen-bond donors (Lipinski definition) is 1. The van der Waals surface area contributed by atoms with E-state index in [4.69, 9.17) is 0 Å². The van der Waals surface area contributed by atoms with Crippen molar-refractivity contribution < 1.29 is 14.4 Å². The van der Waals surface area contributed by atoms with Crippen LogP contribution in [0.15, 0.2) is 40.9 Å². The van der Waals surface area contributed by atoms with Gasteiger partial charge in [0, 0.05) is 11.0 Å². The van der Waals surface area contributed by atoms with Crippen LogP contribution in [0.4, 0.5) is 4.79 Å². The molecule has 1 aliphatic heterocycles. The number of nitrogens with one attached hydrogen (secondary N) is 1. The number of urea groups is 1. The summed E-state index contributed by atoms with van der Waals surface area (Å²) in [7, 11) is 0. The van der Waals surface area contributed by atoms with E-state index < -0.39 is 23.8 Å². The Morgan fingerprint density at radius 1 is 1.29 bits per heavy atom. The molecule has 0 bridgehead atoms. The Labute approximate surface area is 131 Å². The smallest absolute Gasteiger partial charge is 0.277 e. The summed E-state index contributed by atoms with van der Waals surface area (Å²) in [6, 6.07) is 6.36. The lowest BCUT2D eigenvalue weighted by atomic mass is 9.95. The lowest BCUT2D eigenvalue weighted by Crippen LogP contribution is -2.57. The number of imide groups is 2. The first kappa shape index (κ1) is 15.4. The molecule has 2 rings (SSSR count). The quantitative estimate of drug-likeness (QED) is 0.670. The topological polar surface area (TPSA) is 66.5 Å². The lowest BCUT2D eigenvalue weighted by molar-refractivity contribution is -0.138. The molecule has 0 aromatic heterocycles. The number of hydrogen-bond acceptors (Lipinski definition) is 3. The zero-order valence-corrected chi connectivity index (χ0v) is 13.1. The van der Waals surface area contributed by atoms with E-state index in [2.05, 4.69) is 21.2 Å². The summed E-state index contributed by atoms with van der Waals surface area (Å²) in [6.07, 6.45) is 4.28. The Bertz CT molecular complexity index is 613. The number of amides is 4. The van der Waals surface area contributed by atoms with Crippen molar-refractivity contribution in [2.75, 3.05) is 6.54 Å². The normalized spacial score (nSPS) is 19.2. The van der Waals surface area contributed by atoms with Crippen LogP contribution in [0.1, 0.15) is 24.8 Å². The Morgan fingerprint density at radius 2 is 2.00 bits per heavy atom. The van der Waals surface area contributed by atoms with Gasteiger partial charge in [-0.25, -0.2) is 4.79 Å². The van der Waals surface area contributed by atoms with Gasteiger partial charge in [0.05, 0.1) is 0 Å². The van der Waals surface area contributed by atoms with Crippen LogP contribution in [0.2, 0.25) is 0 Å². The van der Waals surface area contributed by atoms with Gasteiger partial charge in [0.1, 0.15) is 5.92 Å². The van der Waals surface area contributed by atoms with Gasteiger partial charge in [0.25, 0.3) is 0 Å². The van der Waals surface area contributed by atoms with E-state index in [1.165, 1.54) is 0 Å². The second-order valence-corrected chi connectivity index (χ2v) is 5.45. The maximum atomic E-state index is 12.5. The molecule has 1 aromatic rings. The zero-order chi connectivity index (χ0) is 15.4. The third-order valence-corrected chi connectivity index (χ3v) is 3.94. The van der Waals surface area contributed by atoms with E-state index >= 15 is 0 Å². The Balaban J connectivity index is 2.29. The van der Waals surface area contributed by atoms with E-state index in [9.17, 15) is 14.4 Å². The largest absolute Gasteiger partial charge is 0.330 e. The number of carbonyl (C=O) groups is 3. The predicted octanol–water partition coefficient (Wildman–Crippen LogP) is 2.58. The fourth-order valence-corrected chi connectivity index (χ4v) is 2.69. The zero-order valence-electron chi connectivity index (χ0n) is 11.5. The summed E-state index contributed by atoms with van der Waals surface area (Å²) < 4.78 is 0.668. The standard InChI is InChI=1S/C15H15BrN2O3/c1-2-3-6-9-18-14(20)12(13(19)17-15(18)21)10-7-4-5-8-11(10)16/h2-5,7-8,12H,6,9H2,1H3,(H,17,19,21)/b3-2+. The predicted molar refractivity (Wildman–Crippen MR) is 81.6 cm³/mol. The highest BCUT2D eigenvalue weighted by molar-refractivity contribution is 9.10. The lowest BCUT2D eigenvalue weighted by Gasteiger charge is -2.30. The minimum absolute atomic E-state index is 0.253. The number of allylic oxidation sites excluding steroid dienone is 1. The molecule has 0 aliphatic carbocycles. The van der Waals surface area contributed by atoms with Crippen molar-refractivity contribution in [3.8, 4) is 0 Å². The molecule has 4 amide bonds. The van der Waals surface area contributed by atoms with E-state index in [0.29, 0.717) is 16.5 Å². The van der Waals surface area contributed by atoms with E-state index in [-0.39, 0.29) is 6.54 Å². The Kier molecular flexibility index (Phi) is 4.90. The number of carbonyl (C=O) groups excluding carboxylic acids is 3. The summed E-state index contributed by atoms with van der Waals surface area (Å²) in [5.74, 6) is -2.07. The maximum absolute atomic E-state index is 12.5. The third-order valence-electron chi connectivity index (χ3n) is 3.22. The maximum Gasteiger partial charge on any atom is 0.330 e. The molecule has 1 fully saturated rings. The van der Waals surface area contributed by atoms with Crippen LogP contribution in [0.3, 0.4) is 0 Å². The van der Waals surface area contributed by atoms with E-state index in [1.54, 1.807) is 24.3 Å². The van der Waals surface area contributed by atoms with Crippen molar-refractivity contribution in [2.24, 2.45) is 0 Å². The number of rotatable bonds is 4. The summed E-state index contributed by atoms with van der Waals surface area (Å²) in [4.78, 5) is 37.4. The summed E-state index contributed by atoms with van der Waals surface area (Å²) >= 11 is 3.34. The molecule has 21 heavy (non-hydrogen) atoms. The van der Waals surface area contributed by atoms with Gasteiger partial charge in [-0.1, -0.05) is 46.3 Å². The van der Waals surface area contributed by atoms with Gasteiger partial charge in [-0.05, 0) is 25.0 Å². The van der Waals surface area contributed by atoms with Gasteiger partial charge in [-0.15, -0.1) is 0 Å². The number of nitrogens with zero attached hydrogens (tertiary/aromatic N) is 1. The van der Waals surface area contributed by atoms with Crippen LogP contribution in [-0.2, 0) is 9.59 Å². The van der Waals surface area contributed by atoms with Crippen LogP contribution in [-0.4, -0.2) is 29.3 Å². The van der Waals surface area contributed by atoms with Gasteiger partial charge >= 0.3 is 6.03 Å². The first-order valence-electron chi connectivity index (χ1n) is 6.58. The molecule has 1 heterocycles. The molecule has 0 radical (unpaired) electrons. The summed E-state index contributed by atoms with van der Waals surface area (Å²) in [5, 5.41) is 2.24. The van der Waals surface area contributed by atoms with Gasteiger partial charge in [-0.2, -0.15) is 0 Å². The van der Waals surface area contributed by atoms with Crippen LogP contribution >= 0.6 is 15.9 Å². The molecule has 1 aromatic carbocycles. The Hall–Kier alpha value is -1.95. The second-order valence-electron chi connectivity index (χ2n) is 4.60. The number of benzene rings is 1. The van der Waals surface area contributed by atoms with Crippen LogP contribution in [0.5, 0.6) is 0 Å². The van der Waals surface area contributed by atoms with Crippen LogP contribution in [0.25, 0.3) is 0 Å². The number of halogens is 1. The molecule has 0 saturated carbocycles. The highest BCUT2D eigenvalue weighted by atomic mass is 79.9. The van der Waals surface area contributed by atoms with E-state index in [0.717, 1.165) is 4.90 Å². The van der Waals surface area contributed by atoms with Crippen molar-refractivity contribution in [1.82, 2.24) is 10.2 Å². The van der Waals surface area contributed by atoms with Crippen molar-refractivity contribution in [3.05, 3.63) is 46.5 Å². The molecule has 1 N–H and O–H groups in total. The van der Waals surface area contributed by atoms with E-state index in [1.807, 2.05) is 19.1 Å². The van der Waals surface area contributed by atoms with Gasteiger partial charge in [-0.3, -0.25) is 19.8 Å². The molecule has 5 nitrogen and oxygen atoms in total. The van der Waals surface area contributed by atoms with Crippen molar-refractivity contribution in [3.63, 3.8) is 0 Å². The Morgan fingerprint density at radius 3 is 2.67 bits per heavy atom. The average molecular weight is 351 g/mol. The molecule has 1 saturated heterocycles. The fourth-order valence-electron chi connectivity index (χ4n) is 2.18. The summed E-state index contributed by atoms with van der Waals surface area (Å²) in [5.41, 5.74) is 0.559. The van der Waals surface area contributed by atoms with Crippen molar-refractivity contribution in [2.45, 2.75) is 19.3 Å². The molecular formula is C15H15BrN2O3. The fraction of sp³-hybridized carbons (Fsp3) is 0.267. The first-order valence-corrected chi connectivity index (χ1v) is 7.37. The van der Waals surface area contributed by atoms with Crippen molar-refractivity contribution in [1.29, 1.82) is 0 Å². The van der Waals surface area contributed by atoms with Crippen LogP contribution < -0.4 is 5.32 Å². The van der Waals surface area contributed by atoms with Crippen LogP contribution in [0, 0.1) is 0 Å². The molecule has 1 aliphatic rings. The van der Waals surface area contributed by atoms with Crippen molar-refractivity contribution >= 4 is 33.8 Å². The van der Waals surface area contributed by atoms with Gasteiger partial charge in [0.2, 0.25) is 11.8 Å². The first-order chi connectivity index (χ1) is 10.1. The monoisotopic (exact) mass is 350 g/mol. The average Bonchev–Trinajstić information content (AvgIpc) is 2.44. The minimum atomic E-state index is -0.996. The number of barbiturate groups is 1. The third kappa shape index (κ3) is 3.21. The van der Waals surface area contributed by atoms with Gasteiger partial charge < -0.3 is 0 Å². The highest BCUT2D eigenvalue weighted by Crippen LogP contribution is 2.28. The summed E-state index contributed by atoms with van der Waals surface area (Å²) in [6.45, 7) is 2.12. The second kappa shape index (κ2) is 6.67. The molecule has 1 unspecified atom stereocenters. The SMILES string of the molecule is C/C=C/CCN1C(=O)NC(=O)C(c2ccccc2Br)C1=O. The molecule has 6 heteroatoms. The highest BCUT2D eigenvalue weighted by Gasteiger charge is 2.41. The molecule has 110 valence electrons. The minimum Gasteiger partial charge on any atom is -0.277 e. The molecular weight excluding hydrogens is 336 g/mol. The molecule has 0 spiro atoms.